The van der Waals surface area contributed by atoms with Crippen molar-refractivity contribution in [1.29, 1.82) is 0 Å². The van der Waals surface area contributed by atoms with Crippen molar-refractivity contribution in [2.75, 3.05) is 6.61 Å². The van der Waals surface area contributed by atoms with Crippen LogP contribution in [-0.4, -0.2) is 29.8 Å². The molecule has 102 valence electrons. The minimum atomic E-state index is -4.56. The predicted octanol–water partition coefficient (Wildman–Crippen LogP) is 2.00. The lowest BCUT2D eigenvalue weighted by atomic mass is 10.1. The fraction of sp³-hybridized carbons (Fsp3) is 0.636. The zero-order chi connectivity index (χ0) is 14.1. The molecule has 0 aromatic heterocycles. The van der Waals surface area contributed by atoms with Gasteiger partial charge in [-0.05, 0) is 11.3 Å². The first-order valence-corrected chi connectivity index (χ1v) is 5.20. The van der Waals surface area contributed by atoms with Crippen LogP contribution in [0.3, 0.4) is 0 Å². The van der Waals surface area contributed by atoms with Crippen LogP contribution in [0.4, 0.5) is 13.2 Å². The van der Waals surface area contributed by atoms with Gasteiger partial charge in [0.2, 0.25) is 0 Å². The summed E-state index contributed by atoms with van der Waals surface area (Å²) in [6, 6.07) is 0. The average molecular weight is 266 g/mol. The smallest absolute Gasteiger partial charge is 0.422 e. The molecule has 0 bridgehead atoms. The maximum Gasteiger partial charge on any atom is 0.422 e. The van der Waals surface area contributed by atoms with Crippen molar-refractivity contribution in [1.82, 2.24) is 0 Å². The molecule has 0 radical (unpaired) electrons. The van der Waals surface area contributed by atoms with E-state index in [-0.39, 0.29) is 5.92 Å². The van der Waals surface area contributed by atoms with Gasteiger partial charge in [0.15, 0.2) is 6.61 Å². The molecule has 7 heteroatoms. The Labute approximate surface area is 101 Å². The second-order valence-corrected chi connectivity index (χ2v) is 4.75. The summed E-state index contributed by atoms with van der Waals surface area (Å²) in [5.41, 5.74) is -0.493. The molecule has 0 saturated heterocycles. The summed E-state index contributed by atoms with van der Waals surface area (Å²) in [7, 11) is 0. The number of esters is 1. The largest absolute Gasteiger partial charge is 0.481 e. The second-order valence-electron chi connectivity index (χ2n) is 4.75. The highest BCUT2D eigenvalue weighted by atomic mass is 19.4. The number of hydrogen-bond acceptors (Lipinski definition) is 3. The average Bonchev–Trinajstić information content (AvgIpc) is 2.73. The van der Waals surface area contributed by atoms with Crippen molar-refractivity contribution in [3.8, 4) is 0 Å². The number of ether oxygens (including phenoxy) is 1. The number of carboxylic acids is 1. The summed E-state index contributed by atoms with van der Waals surface area (Å²) < 4.78 is 39.2. The molecular weight excluding hydrogens is 253 g/mol. The quantitative estimate of drug-likeness (QED) is 0.624. The number of carbonyl (C=O) groups is 2. The molecule has 1 fully saturated rings. The first-order chi connectivity index (χ1) is 8.05. The van der Waals surface area contributed by atoms with Gasteiger partial charge in [0.1, 0.15) is 0 Å². The van der Waals surface area contributed by atoms with Crippen molar-refractivity contribution >= 4 is 11.9 Å². The van der Waals surface area contributed by atoms with Crippen molar-refractivity contribution in [2.24, 2.45) is 17.3 Å². The van der Waals surface area contributed by atoms with Crippen LogP contribution in [-0.2, 0) is 14.3 Å². The molecule has 0 aliphatic heterocycles. The predicted molar refractivity (Wildman–Crippen MR) is 54.6 cm³/mol. The van der Waals surface area contributed by atoms with Gasteiger partial charge < -0.3 is 9.84 Å². The summed E-state index contributed by atoms with van der Waals surface area (Å²) in [6.45, 7) is 1.77. The number of rotatable bonds is 4. The van der Waals surface area contributed by atoms with E-state index < -0.39 is 36.1 Å². The van der Waals surface area contributed by atoms with Gasteiger partial charge in [-0.15, -0.1) is 0 Å². The molecule has 1 aliphatic rings. The monoisotopic (exact) mass is 266 g/mol. The first-order valence-electron chi connectivity index (χ1n) is 5.20. The van der Waals surface area contributed by atoms with Crippen molar-refractivity contribution in [2.45, 2.75) is 20.0 Å². The van der Waals surface area contributed by atoms with Gasteiger partial charge in [0, 0.05) is 6.08 Å². The number of halogens is 3. The molecule has 1 aliphatic carbocycles. The van der Waals surface area contributed by atoms with Gasteiger partial charge in [0.05, 0.1) is 5.92 Å². The fourth-order valence-electron chi connectivity index (χ4n) is 1.89. The fourth-order valence-corrected chi connectivity index (χ4v) is 1.89. The van der Waals surface area contributed by atoms with E-state index in [2.05, 4.69) is 4.74 Å². The van der Waals surface area contributed by atoms with Crippen LogP contribution >= 0.6 is 0 Å². The Kier molecular flexibility index (Phi) is 3.73. The third-order valence-corrected chi connectivity index (χ3v) is 2.99. The van der Waals surface area contributed by atoms with E-state index in [1.165, 1.54) is 6.08 Å². The van der Waals surface area contributed by atoms with E-state index in [0.29, 0.717) is 0 Å². The maximum atomic E-state index is 11.7. The van der Waals surface area contributed by atoms with E-state index in [9.17, 15) is 22.8 Å². The van der Waals surface area contributed by atoms with Gasteiger partial charge in [-0.3, -0.25) is 4.79 Å². The normalized spacial score (nSPS) is 26.1. The first kappa shape index (κ1) is 14.5. The Balaban J connectivity index is 2.47. The number of carbonyl (C=O) groups excluding carboxylic acids is 1. The molecule has 0 heterocycles. The Bertz CT molecular complexity index is 384. The van der Waals surface area contributed by atoms with Gasteiger partial charge >= 0.3 is 18.1 Å². The summed E-state index contributed by atoms with van der Waals surface area (Å²) in [4.78, 5) is 21.7. The third kappa shape index (κ3) is 3.48. The van der Waals surface area contributed by atoms with Crippen LogP contribution in [0.15, 0.2) is 12.2 Å². The highest BCUT2D eigenvalue weighted by molar-refractivity contribution is 5.83. The second kappa shape index (κ2) is 4.62. The lowest BCUT2D eigenvalue weighted by Gasteiger charge is -2.05. The Morgan fingerprint density at radius 2 is 1.94 bits per heavy atom. The van der Waals surface area contributed by atoms with Gasteiger partial charge in [-0.2, -0.15) is 13.2 Å². The standard InChI is InChI=1S/C11H13F3O4/c1-10(2)6(8(10)9(16)17)3-4-7(15)18-5-11(12,13)14/h3-4,6,8H,5H2,1-2H3,(H,16,17)/t6-,8-/m0/s1. The molecule has 1 N–H and O–H groups in total. The SMILES string of the molecule is CC1(C)[C@H](C(=O)O)[C@@H]1C=CC(=O)OCC(F)(F)F. The van der Waals surface area contributed by atoms with Gasteiger partial charge in [-0.1, -0.05) is 19.9 Å². The zero-order valence-corrected chi connectivity index (χ0v) is 9.82. The molecule has 0 aromatic carbocycles. The molecule has 0 amide bonds. The van der Waals surface area contributed by atoms with Gasteiger partial charge in [-0.25, -0.2) is 4.79 Å². The van der Waals surface area contributed by atoms with Crippen LogP contribution in [0.25, 0.3) is 0 Å². The molecule has 18 heavy (non-hydrogen) atoms. The summed E-state index contributed by atoms with van der Waals surface area (Å²) in [5, 5.41) is 8.84. The van der Waals surface area contributed by atoms with E-state index in [4.69, 9.17) is 5.11 Å². The van der Waals surface area contributed by atoms with E-state index >= 15 is 0 Å². The van der Waals surface area contributed by atoms with Gasteiger partial charge in [0.25, 0.3) is 0 Å². The van der Waals surface area contributed by atoms with Crippen LogP contribution in [0, 0.1) is 17.3 Å². The van der Waals surface area contributed by atoms with E-state index in [1.807, 2.05) is 0 Å². The Morgan fingerprint density at radius 3 is 2.33 bits per heavy atom. The summed E-state index contributed by atoms with van der Waals surface area (Å²) >= 11 is 0. The molecule has 4 nitrogen and oxygen atoms in total. The highest BCUT2D eigenvalue weighted by Crippen LogP contribution is 2.58. The third-order valence-electron chi connectivity index (χ3n) is 2.99. The molecule has 2 atom stereocenters. The zero-order valence-electron chi connectivity index (χ0n) is 9.82. The molecule has 0 unspecified atom stereocenters. The van der Waals surface area contributed by atoms with E-state index in [1.54, 1.807) is 13.8 Å². The highest BCUT2D eigenvalue weighted by Gasteiger charge is 2.60. The number of aliphatic carboxylic acids is 1. The molecular formula is C11H13F3O4. The number of allylic oxidation sites excluding steroid dienone is 1. The minimum Gasteiger partial charge on any atom is -0.481 e. The number of hydrogen-bond donors (Lipinski definition) is 1. The number of alkyl halides is 3. The molecule has 0 aromatic rings. The van der Waals surface area contributed by atoms with Crippen LogP contribution in [0.2, 0.25) is 0 Å². The Morgan fingerprint density at radius 1 is 1.39 bits per heavy atom. The molecule has 1 rings (SSSR count). The van der Waals surface area contributed by atoms with E-state index in [0.717, 1.165) is 6.08 Å². The lowest BCUT2D eigenvalue weighted by Crippen LogP contribution is -2.19. The van der Waals surface area contributed by atoms with Crippen molar-refractivity contribution in [3.05, 3.63) is 12.2 Å². The topological polar surface area (TPSA) is 63.6 Å². The maximum absolute atomic E-state index is 11.7. The number of carboxylic acid groups (broad SMARTS) is 1. The summed E-state index contributed by atoms with van der Waals surface area (Å²) in [5.74, 6) is -3.10. The van der Waals surface area contributed by atoms with Crippen molar-refractivity contribution in [3.63, 3.8) is 0 Å². The van der Waals surface area contributed by atoms with Crippen molar-refractivity contribution < 1.29 is 32.6 Å². The van der Waals surface area contributed by atoms with Crippen LogP contribution < -0.4 is 0 Å². The van der Waals surface area contributed by atoms with Crippen LogP contribution in [0.5, 0.6) is 0 Å². The molecule has 0 spiro atoms. The Hall–Kier alpha value is -1.53. The van der Waals surface area contributed by atoms with Crippen LogP contribution in [0.1, 0.15) is 13.8 Å². The minimum absolute atomic E-state index is 0.367. The lowest BCUT2D eigenvalue weighted by molar-refractivity contribution is -0.182. The summed E-state index contributed by atoms with van der Waals surface area (Å²) in [6.07, 6.45) is -2.43. The molecule has 1 saturated carbocycles.